The van der Waals surface area contributed by atoms with Crippen molar-refractivity contribution in [3.63, 3.8) is 0 Å². The van der Waals surface area contributed by atoms with Crippen LogP contribution in [0.4, 0.5) is 4.39 Å². The molecule has 0 bridgehead atoms. The largest absolute Gasteiger partial charge is 0.220 e. The molecule has 0 spiro atoms. The minimum absolute atomic E-state index is 0.145. The summed E-state index contributed by atoms with van der Waals surface area (Å²) in [6, 6.07) is 13.0. The van der Waals surface area contributed by atoms with Gasteiger partial charge < -0.3 is 0 Å². The maximum absolute atomic E-state index is 13.7. The maximum Gasteiger partial charge on any atom is 0.220 e. The summed E-state index contributed by atoms with van der Waals surface area (Å²) in [6.07, 6.45) is 0.145. The summed E-state index contributed by atoms with van der Waals surface area (Å²) in [5, 5.41) is 3.24. The second kappa shape index (κ2) is 5.66. The third-order valence-electron chi connectivity index (χ3n) is 4.95. The number of pyridine rings is 1. The van der Waals surface area contributed by atoms with Crippen LogP contribution in [0.3, 0.4) is 0 Å². The van der Waals surface area contributed by atoms with Crippen LogP contribution >= 0.6 is 0 Å². The average molecular weight is 332 g/mol. The molecule has 0 saturated heterocycles. The van der Waals surface area contributed by atoms with Gasteiger partial charge in [-0.15, -0.1) is 0 Å². The minimum atomic E-state index is -0.300. The summed E-state index contributed by atoms with van der Waals surface area (Å²) in [4.78, 5) is 0. The van der Waals surface area contributed by atoms with Crippen LogP contribution in [0.2, 0.25) is 0 Å². The zero-order valence-electron chi connectivity index (χ0n) is 16.9. The van der Waals surface area contributed by atoms with Gasteiger partial charge in [-0.05, 0) is 78.4 Å². The van der Waals surface area contributed by atoms with Crippen LogP contribution in [0.1, 0.15) is 19.4 Å². The molecule has 1 heterocycles. The number of aromatic nitrogens is 1. The zero-order valence-corrected chi connectivity index (χ0v) is 14.9. The smallest absolute Gasteiger partial charge is 0.207 e. The van der Waals surface area contributed by atoms with E-state index in [-0.39, 0.29) is 18.0 Å². The number of halogens is 1. The molecular formula is C23H21FN+. The summed E-state index contributed by atoms with van der Waals surface area (Å²) in [5.41, 5.74) is 5.50. The molecule has 0 aliphatic heterocycles. The molecule has 0 aliphatic rings. The van der Waals surface area contributed by atoms with Crippen molar-refractivity contribution in [3.05, 3.63) is 77.2 Å². The molecule has 0 atom stereocenters. The topological polar surface area (TPSA) is 3.88 Å². The fourth-order valence-electron chi connectivity index (χ4n) is 3.56. The lowest BCUT2D eigenvalue weighted by Crippen LogP contribution is -2.30. The van der Waals surface area contributed by atoms with Crippen molar-refractivity contribution in [3.8, 4) is 11.3 Å². The van der Waals surface area contributed by atoms with Crippen molar-refractivity contribution < 1.29 is 11.7 Å². The van der Waals surface area contributed by atoms with Crippen molar-refractivity contribution in [1.82, 2.24) is 0 Å². The molecule has 0 aliphatic carbocycles. The zero-order chi connectivity index (χ0) is 19.5. The van der Waals surface area contributed by atoms with Gasteiger partial charge in [0.2, 0.25) is 5.69 Å². The molecule has 0 fully saturated rings. The van der Waals surface area contributed by atoms with Crippen LogP contribution in [0.5, 0.6) is 0 Å². The van der Waals surface area contributed by atoms with Gasteiger partial charge in [0.1, 0.15) is 14.2 Å². The van der Waals surface area contributed by atoms with Crippen molar-refractivity contribution in [2.75, 3.05) is 0 Å². The highest BCUT2D eigenvalue weighted by atomic mass is 19.1. The lowest BCUT2D eigenvalue weighted by molar-refractivity contribution is -0.659. The van der Waals surface area contributed by atoms with E-state index in [1.807, 2.05) is 19.2 Å². The summed E-state index contributed by atoms with van der Waals surface area (Å²) in [5.74, 6) is -0.300. The molecule has 0 N–H and O–H groups in total. The summed E-state index contributed by atoms with van der Waals surface area (Å²) in [7, 11) is 1.83. The van der Waals surface area contributed by atoms with E-state index in [1.165, 1.54) is 17.7 Å². The van der Waals surface area contributed by atoms with E-state index in [0.29, 0.717) is 5.39 Å². The highest BCUT2D eigenvalue weighted by Crippen LogP contribution is 2.32. The van der Waals surface area contributed by atoms with Gasteiger partial charge in [0.05, 0.1) is 12.3 Å². The molecule has 0 amide bonds. The summed E-state index contributed by atoms with van der Waals surface area (Å²) >= 11 is 0. The third-order valence-corrected chi connectivity index (χ3v) is 4.95. The lowest BCUT2D eigenvalue weighted by Gasteiger charge is -2.12. The predicted molar refractivity (Wildman–Crippen MR) is 102 cm³/mol. The highest BCUT2D eigenvalue weighted by Gasteiger charge is 2.19. The van der Waals surface area contributed by atoms with Gasteiger partial charge in [-0.3, -0.25) is 0 Å². The second-order valence-electron chi connectivity index (χ2n) is 6.79. The van der Waals surface area contributed by atoms with Crippen LogP contribution in [0.15, 0.2) is 54.7 Å². The minimum Gasteiger partial charge on any atom is -0.207 e. The molecule has 0 saturated carbocycles. The van der Waals surface area contributed by atoms with Gasteiger partial charge >= 0.3 is 0 Å². The number of benzene rings is 3. The van der Waals surface area contributed by atoms with Crippen molar-refractivity contribution in [2.45, 2.75) is 20.8 Å². The second-order valence-corrected chi connectivity index (χ2v) is 6.79. The van der Waals surface area contributed by atoms with Crippen LogP contribution in [0, 0.1) is 26.6 Å². The van der Waals surface area contributed by atoms with Crippen LogP contribution < -0.4 is 4.57 Å². The molecule has 1 aromatic heterocycles. The third kappa shape index (κ3) is 2.58. The first-order chi connectivity index (χ1) is 12.8. The number of fused-ring (bicyclic) bond motifs is 2. The SMILES string of the molecule is [2H]c1c([2H])[n+](C)c(-c2cc(C)cc(C)c2C)c2cc3ccc(F)cc3cc12. The van der Waals surface area contributed by atoms with Crippen LogP contribution in [0.25, 0.3) is 32.8 Å². The normalized spacial score (nSPS) is 12.5. The number of nitrogens with zero attached hydrogens (tertiary/aromatic N) is 1. The van der Waals surface area contributed by atoms with Crippen molar-refractivity contribution >= 4 is 21.5 Å². The molecule has 0 radical (unpaired) electrons. The molecule has 0 unspecified atom stereocenters. The first kappa shape index (κ1) is 13.5. The van der Waals surface area contributed by atoms with Gasteiger partial charge in [-0.25, -0.2) is 8.96 Å². The van der Waals surface area contributed by atoms with Crippen molar-refractivity contribution in [2.24, 2.45) is 7.05 Å². The number of hydrogen-bond donors (Lipinski definition) is 0. The fourth-order valence-corrected chi connectivity index (χ4v) is 3.56. The van der Waals surface area contributed by atoms with Gasteiger partial charge in [-0.1, -0.05) is 17.7 Å². The molecule has 2 heteroatoms. The molecule has 3 aromatic carbocycles. The van der Waals surface area contributed by atoms with E-state index < -0.39 is 0 Å². The Balaban J connectivity index is 2.22. The lowest BCUT2D eigenvalue weighted by atomic mass is 9.93. The van der Waals surface area contributed by atoms with Gasteiger partial charge in [-0.2, -0.15) is 0 Å². The first-order valence-electron chi connectivity index (χ1n) is 9.38. The standard InChI is InChI=1S/C23H21FN/c1-14-9-15(2)16(3)21(10-14)23-22-13-17-5-6-20(24)12-19(17)11-18(22)7-8-25(23)4/h5-13H,1-4H3/q+1/i7D,8D. The monoisotopic (exact) mass is 332 g/mol. The van der Waals surface area contributed by atoms with E-state index in [0.717, 1.165) is 38.5 Å². The van der Waals surface area contributed by atoms with Gasteiger partial charge in [0, 0.05) is 6.04 Å². The Hall–Kier alpha value is -2.74. The Morgan fingerprint density at radius 2 is 1.72 bits per heavy atom. The number of hydrogen-bond acceptors (Lipinski definition) is 0. The predicted octanol–water partition coefficient (Wildman–Crippen LogP) is 5.55. The average Bonchev–Trinajstić information content (AvgIpc) is 2.62. The highest BCUT2D eigenvalue weighted by molar-refractivity contribution is 6.03. The van der Waals surface area contributed by atoms with Crippen LogP contribution in [-0.4, -0.2) is 0 Å². The number of aryl methyl sites for hydroxylation is 2. The molecular weight excluding hydrogens is 309 g/mol. The summed E-state index contributed by atoms with van der Waals surface area (Å²) in [6.45, 7) is 6.24. The maximum atomic E-state index is 13.7. The Morgan fingerprint density at radius 3 is 2.52 bits per heavy atom. The van der Waals surface area contributed by atoms with E-state index in [1.54, 1.807) is 10.6 Å². The Kier molecular flexibility index (Phi) is 3.07. The Morgan fingerprint density at radius 1 is 0.920 bits per heavy atom. The van der Waals surface area contributed by atoms with E-state index in [4.69, 9.17) is 2.74 Å². The van der Waals surface area contributed by atoms with E-state index in [9.17, 15) is 4.39 Å². The van der Waals surface area contributed by atoms with Gasteiger partial charge in [0.15, 0.2) is 6.17 Å². The van der Waals surface area contributed by atoms with Crippen molar-refractivity contribution in [1.29, 1.82) is 0 Å². The molecule has 4 rings (SSSR count). The Labute approximate surface area is 150 Å². The summed E-state index contributed by atoms with van der Waals surface area (Å²) < 4.78 is 32.4. The van der Waals surface area contributed by atoms with E-state index >= 15 is 0 Å². The fraction of sp³-hybridized carbons (Fsp3) is 0.174. The molecule has 25 heavy (non-hydrogen) atoms. The quantitative estimate of drug-likeness (QED) is 0.318. The Bertz CT molecular complexity index is 1250. The van der Waals surface area contributed by atoms with Gasteiger partial charge in [0.25, 0.3) is 0 Å². The number of rotatable bonds is 1. The van der Waals surface area contributed by atoms with Crippen LogP contribution in [-0.2, 0) is 7.05 Å². The molecule has 1 nitrogen and oxygen atoms in total. The van der Waals surface area contributed by atoms with E-state index in [2.05, 4.69) is 32.9 Å². The first-order valence-corrected chi connectivity index (χ1v) is 8.38. The molecule has 124 valence electrons. The molecule has 4 aromatic rings.